The maximum Gasteiger partial charge on any atom is 0.573 e. The molecule has 0 radical (unpaired) electrons. The van der Waals surface area contributed by atoms with Gasteiger partial charge in [-0.05, 0) is 24.0 Å². The molecule has 0 saturated carbocycles. The lowest BCUT2D eigenvalue weighted by molar-refractivity contribution is -0.275. The quantitative estimate of drug-likeness (QED) is 0.601. The molecule has 7 heteroatoms. The van der Waals surface area contributed by atoms with E-state index >= 15 is 0 Å². The summed E-state index contributed by atoms with van der Waals surface area (Å²) in [5.74, 6) is -0.281. The van der Waals surface area contributed by atoms with E-state index in [4.69, 9.17) is 0 Å². The first-order valence-electron chi connectivity index (χ1n) is 4.86. The summed E-state index contributed by atoms with van der Waals surface area (Å²) in [6, 6.07) is 4.23. The maximum atomic E-state index is 12.1. The first kappa shape index (κ1) is 15.4. The van der Waals surface area contributed by atoms with Gasteiger partial charge in [0.1, 0.15) is 11.5 Å². The summed E-state index contributed by atoms with van der Waals surface area (Å²) < 4.78 is 40.3. The number of rotatable bonds is 5. The molecule has 0 spiro atoms. The molecule has 1 aromatic carbocycles. The molecule has 0 aromatic heterocycles. The lowest BCUT2D eigenvalue weighted by atomic mass is 10.1. The second-order valence-electron chi connectivity index (χ2n) is 3.38. The second-order valence-corrected chi connectivity index (χ2v) is 4.79. The van der Waals surface area contributed by atoms with Gasteiger partial charge in [0.25, 0.3) is 0 Å². The van der Waals surface area contributed by atoms with Crippen LogP contribution in [0.4, 0.5) is 13.2 Å². The molecule has 0 saturated heterocycles. The minimum Gasteiger partial charge on any atom is -0.405 e. The van der Waals surface area contributed by atoms with Crippen molar-refractivity contribution < 1.29 is 22.7 Å². The summed E-state index contributed by atoms with van der Waals surface area (Å²) in [5, 5.41) is 0.225. The molecule has 0 heterocycles. The average molecular weight is 343 g/mol. The molecule has 0 unspecified atom stereocenters. The van der Waals surface area contributed by atoms with Crippen LogP contribution in [0.25, 0.3) is 0 Å². The van der Waals surface area contributed by atoms with Crippen LogP contribution in [-0.2, 0) is 11.2 Å². The Hall–Kier alpha value is -0.690. The Labute approximate surface area is 115 Å². The summed E-state index contributed by atoms with van der Waals surface area (Å²) >= 11 is 4.17. The Morgan fingerprint density at radius 1 is 1.44 bits per heavy atom. The highest BCUT2D eigenvalue weighted by atomic mass is 79.9. The highest BCUT2D eigenvalue weighted by Crippen LogP contribution is 2.33. The van der Waals surface area contributed by atoms with Crippen LogP contribution in [0.15, 0.2) is 23.1 Å². The third-order valence-electron chi connectivity index (χ3n) is 2.00. The van der Waals surface area contributed by atoms with Gasteiger partial charge in [-0.25, -0.2) is 0 Å². The zero-order valence-corrected chi connectivity index (χ0v) is 11.8. The topological polar surface area (TPSA) is 26.3 Å². The Balaban J connectivity index is 2.93. The van der Waals surface area contributed by atoms with Gasteiger partial charge in [-0.3, -0.25) is 4.79 Å². The van der Waals surface area contributed by atoms with Crippen LogP contribution < -0.4 is 4.74 Å². The minimum absolute atomic E-state index is 0.0356. The number of ketones is 1. The molecule has 100 valence electrons. The van der Waals surface area contributed by atoms with E-state index < -0.39 is 6.36 Å². The Kier molecular flexibility index (Phi) is 5.52. The molecule has 0 aliphatic heterocycles. The zero-order chi connectivity index (χ0) is 13.8. The molecular formula is C11H10BrF3O2S. The lowest BCUT2D eigenvalue weighted by Crippen LogP contribution is -2.17. The van der Waals surface area contributed by atoms with E-state index in [1.807, 2.05) is 0 Å². The number of carbonyl (C=O) groups is 1. The second kappa shape index (κ2) is 6.47. The van der Waals surface area contributed by atoms with Crippen molar-refractivity contribution in [1.29, 1.82) is 0 Å². The predicted molar refractivity (Wildman–Crippen MR) is 67.4 cm³/mol. The summed E-state index contributed by atoms with van der Waals surface area (Å²) in [6.45, 7) is 0. The molecule has 0 atom stereocenters. The van der Waals surface area contributed by atoms with Crippen LogP contribution in [-0.4, -0.2) is 23.7 Å². The number of alkyl halides is 4. The normalized spacial score (nSPS) is 11.4. The molecule has 0 aliphatic carbocycles. The number of benzene rings is 1. The standard InChI is InChI=1S/C11H10BrF3O2S/c1-18-10-5-7(4-8(16)6-12)2-3-9(10)17-11(13,14)15/h2-3,5H,4,6H2,1H3. The van der Waals surface area contributed by atoms with Crippen molar-refractivity contribution in [3.05, 3.63) is 23.8 Å². The first-order chi connectivity index (χ1) is 8.35. The summed E-state index contributed by atoms with van der Waals surface area (Å²) in [4.78, 5) is 11.6. The molecule has 18 heavy (non-hydrogen) atoms. The van der Waals surface area contributed by atoms with Crippen molar-refractivity contribution in [3.8, 4) is 5.75 Å². The molecule has 2 nitrogen and oxygen atoms in total. The fraction of sp³-hybridized carbons (Fsp3) is 0.364. The summed E-state index contributed by atoms with van der Waals surface area (Å²) in [6.07, 6.45) is -2.88. The van der Waals surface area contributed by atoms with Crippen LogP contribution in [0, 0.1) is 0 Å². The van der Waals surface area contributed by atoms with Crippen molar-refractivity contribution in [2.75, 3.05) is 11.6 Å². The number of halogens is 4. The van der Waals surface area contributed by atoms with E-state index in [0.29, 0.717) is 10.5 Å². The number of Topliss-reactive ketones (excluding diaryl/α,β-unsaturated/α-hetero) is 1. The maximum absolute atomic E-state index is 12.1. The number of carbonyl (C=O) groups excluding carboxylic acids is 1. The largest absolute Gasteiger partial charge is 0.573 e. The van der Waals surface area contributed by atoms with Crippen LogP contribution in [0.5, 0.6) is 5.75 Å². The van der Waals surface area contributed by atoms with Gasteiger partial charge in [0.2, 0.25) is 0 Å². The molecule has 0 fully saturated rings. The van der Waals surface area contributed by atoms with E-state index in [9.17, 15) is 18.0 Å². The van der Waals surface area contributed by atoms with E-state index in [0.717, 1.165) is 11.8 Å². The minimum atomic E-state index is -4.71. The smallest absolute Gasteiger partial charge is 0.405 e. The summed E-state index contributed by atoms with van der Waals surface area (Å²) in [5.41, 5.74) is 0.665. The van der Waals surface area contributed by atoms with Crippen LogP contribution in [0.3, 0.4) is 0 Å². The van der Waals surface area contributed by atoms with Crippen molar-refractivity contribution in [2.24, 2.45) is 0 Å². The van der Waals surface area contributed by atoms with Crippen molar-refractivity contribution in [1.82, 2.24) is 0 Å². The van der Waals surface area contributed by atoms with E-state index in [1.54, 1.807) is 6.26 Å². The van der Waals surface area contributed by atoms with Crippen molar-refractivity contribution in [2.45, 2.75) is 17.7 Å². The van der Waals surface area contributed by atoms with Gasteiger partial charge in [-0.15, -0.1) is 24.9 Å². The SMILES string of the molecule is CSc1cc(CC(=O)CBr)ccc1OC(F)(F)F. The fourth-order valence-corrected chi connectivity index (χ4v) is 2.08. The first-order valence-corrected chi connectivity index (χ1v) is 7.20. The van der Waals surface area contributed by atoms with Gasteiger partial charge in [0.05, 0.1) is 5.33 Å². The van der Waals surface area contributed by atoms with E-state index in [2.05, 4.69) is 20.7 Å². The Morgan fingerprint density at radius 2 is 2.11 bits per heavy atom. The highest BCUT2D eigenvalue weighted by Gasteiger charge is 2.32. The highest BCUT2D eigenvalue weighted by molar-refractivity contribution is 9.09. The monoisotopic (exact) mass is 342 g/mol. The van der Waals surface area contributed by atoms with Gasteiger partial charge in [-0.1, -0.05) is 22.0 Å². The number of hydrogen-bond donors (Lipinski definition) is 0. The molecule has 1 aromatic rings. The predicted octanol–water partition coefficient (Wildman–Crippen LogP) is 3.81. The van der Waals surface area contributed by atoms with Crippen LogP contribution in [0.2, 0.25) is 0 Å². The third kappa shape index (κ3) is 4.89. The Bertz CT molecular complexity index is 435. The summed E-state index contributed by atoms with van der Waals surface area (Å²) in [7, 11) is 0. The van der Waals surface area contributed by atoms with Crippen LogP contribution in [0.1, 0.15) is 5.56 Å². The number of hydrogen-bond acceptors (Lipinski definition) is 3. The molecule has 0 bridgehead atoms. The molecule has 0 amide bonds. The van der Waals surface area contributed by atoms with Crippen LogP contribution >= 0.6 is 27.7 Å². The van der Waals surface area contributed by atoms with E-state index in [-0.39, 0.29) is 23.3 Å². The van der Waals surface area contributed by atoms with Gasteiger partial charge in [0, 0.05) is 11.3 Å². The van der Waals surface area contributed by atoms with Crippen molar-refractivity contribution in [3.63, 3.8) is 0 Å². The van der Waals surface area contributed by atoms with E-state index in [1.165, 1.54) is 18.2 Å². The number of thioether (sulfide) groups is 1. The fourth-order valence-electron chi connectivity index (χ4n) is 1.31. The van der Waals surface area contributed by atoms with Gasteiger partial charge in [0.15, 0.2) is 0 Å². The van der Waals surface area contributed by atoms with Gasteiger partial charge < -0.3 is 4.74 Å². The lowest BCUT2D eigenvalue weighted by Gasteiger charge is -2.13. The molecule has 0 N–H and O–H groups in total. The Morgan fingerprint density at radius 3 is 2.61 bits per heavy atom. The third-order valence-corrected chi connectivity index (χ3v) is 3.39. The van der Waals surface area contributed by atoms with Crippen molar-refractivity contribution >= 4 is 33.5 Å². The molecular weight excluding hydrogens is 333 g/mol. The van der Waals surface area contributed by atoms with Gasteiger partial charge >= 0.3 is 6.36 Å². The molecule has 1 rings (SSSR count). The zero-order valence-electron chi connectivity index (χ0n) is 9.38. The average Bonchev–Trinajstić information content (AvgIpc) is 2.29. The molecule has 0 aliphatic rings. The van der Waals surface area contributed by atoms with Gasteiger partial charge in [-0.2, -0.15) is 0 Å². The number of ether oxygens (including phenoxy) is 1.